The fourth-order valence-corrected chi connectivity index (χ4v) is 3.35. The summed E-state index contributed by atoms with van der Waals surface area (Å²) < 4.78 is 0. The second-order valence-corrected chi connectivity index (χ2v) is 6.65. The van der Waals surface area contributed by atoms with Crippen molar-refractivity contribution in [1.82, 2.24) is 4.98 Å². The molecule has 1 N–H and O–H groups in total. The van der Waals surface area contributed by atoms with Crippen molar-refractivity contribution in [3.8, 4) is 0 Å². The maximum absolute atomic E-state index is 12.8. The van der Waals surface area contributed by atoms with Crippen LogP contribution >= 0.6 is 23.4 Å². The summed E-state index contributed by atoms with van der Waals surface area (Å²) in [6.07, 6.45) is 1.55. The fraction of sp³-hybridized carbons (Fsp3) is 0.0526. The number of carbonyl (C=O) groups excluding carboxylic acids is 1. The van der Waals surface area contributed by atoms with Gasteiger partial charge in [-0.05, 0) is 29.8 Å². The quantitative estimate of drug-likeness (QED) is 0.505. The van der Waals surface area contributed by atoms with Crippen molar-refractivity contribution in [2.45, 2.75) is 10.1 Å². The molecule has 1 atom stereocenters. The van der Waals surface area contributed by atoms with Gasteiger partial charge in [-0.2, -0.15) is 0 Å². The van der Waals surface area contributed by atoms with Gasteiger partial charge in [0, 0.05) is 4.90 Å². The summed E-state index contributed by atoms with van der Waals surface area (Å²) in [5.41, 5.74) is 1.57. The van der Waals surface area contributed by atoms with E-state index in [-0.39, 0.29) is 11.2 Å². The molecule has 2 aromatic carbocycles. The Morgan fingerprint density at radius 2 is 1.62 bits per heavy atom. The zero-order valence-electron chi connectivity index (χ0n) is 12.7. The number of hydrogen-bond donors (Lipinski definition) is 1. The van der Waals surface area contributed by atoms with E-state index in [0.717, 1.165) is 10.5 Å². The summed E-state index contributed by atoms with van der Waals surface area (Å²) in [5, 5.41) is 2.94. The highest BCUT2D eigenvalue weighted by atomic mass is 35.5. The van der Waals surface area contributed by atoms with Gasteiger partial charge in [0.25, 0.3) is 0 Å². The Labute approximate surface area is 150 Å². The van der Waals surface area contributed by atoms with Gasteiger partial charge in [-0.25, -0.2) is 4.98 Å². The minimum atomic E-state index is -0.357. The molecule has 0 aliphatic rings. The second-order valence-electron chi connectivity index (χ2n) is 5.08. The molecule has 0 saturated carbocycles. The highest BCUT2D eigenvalue weighted by Gasteiger charge is 2.22. The van der Waals surface area contributed by atoms with Crippen LogP contribution in [0.2, 0.25) is 5.15 Å². The number of carbonyl (C=O) groups is 1. The minimum absolute atomic E-state index is 0.0980. The van der Waals surface area contributed by atoms with Crippen LogP contribution in [0.15, 0.2) is 83.9 Å². The SMILES string of the molecule is O=C(Nc1ccc(Cl)nc1)C(Sc1ccccc1)c1ccccc1. The van der Waals surface area contributed by atoms with E-state index in [0.29, 0.717) is 10.8 Å². The van der Waals surface area contributed by atoms with Gasteiger partial charge in [-0.3, -0.25) is 4.79 Å². The molecule has 0 saturated heterocycles. The second kappa shape index (κ2) is 7.99. The predicted molar refractivity (Wildman–Crippen MR) is 99.4 cm³/mol. The van der Waals surface area contributed by atoms with E-state index in [4.69, 9.17) is 11.6 Å². The number of benzene rings is 2. The van der Waals surface area contributed by atoms with Gasteiger partial charge in [0.05, 0.1) is 11.9 Å². The van der Waals surface area contributed by atoms with E-state index in [9.17, 15) is 4.79 Å². The van der Waals surface area contributed by atoms with Gasteiger partial charge >= 0.3 is 0 Å². The molecule has 5 heteroatoms. The highest BCUT2D eigenvalue weighted by Crippen LogP contribution is 2.36. The molecular weight excluding hydrogens is 340 g/mol. The zero-order valence-corrected chi connectivity index (χ0v) is 14.3. The van der Waals surface area contributed by atoms with E-state index in [1.807, 2.05) is 60.7 Å². The Hall–Kier alpha value is -2.30. The number of anilines is 1. The number of halogens is 1. The lowest BCUT2D eigenvalue weighted by molar-refractivity contribution is -0.115. The Balaban J connectivity index is 1.83. The number of pyridine rings is 1. The summed E-state index contributed by atoms with van der Waals surface area (Å²) in [6.45, 7) is 0. The largest absolute Gasteiger partial charge is 0.323 e. The molecule has 0 radical (unpaired) electrons. The lowest BCUT2D eigenvalue weighted by atomic mass is 10.1. The van der Waals surface area contributed by atoms with Crippen molar-refractivity contribution in [2.75, 3.05) is 5.32 Å². The average Bonchev–Trinajstić information content (AvgIpc) is 2.63. The van der Waals surface area contributed by atoms with Crippen LogP contribution in [-0.4, -0.2) is 10.9 Å². The molecule has 0 spiro atoms. The van der Waals surface area contributed by atoms with Crippen molar-refractivity contribution in [1.29, 1.82) is 0 Å². The van der Waals surface area contributed by atoms with Crippen LogP contribution < -0.4 is 5.32 Å². The third-order valence-electron chi connectivity index (χ3n) is 3.33. The molecular formula is C19H15ClN2OS. The Kier molecular flexibility index (Phi) is 5.51. The van der Waals surface area contributed by atoms with Crippen molar-refractivity contribution < 1.29 is 4.79 Å². The summed E-state index contributed by atoms with van der Waals surface area (Å²) in [6, 6.07) is 23.0. The number of nitrogens with one attached hydrogen (secondary N) is 1. The van der Waals surface area contributed by atoms with E-state index < -0.39 is 0 Å². The zero-order chi connectivity index (χ0) is 16.8. The smallest absolute Gasteiger partial charge is 0.242 e. The van der Waals surface area contributed by atoms with Gasteiger partial charge in [-0.1, -0.05) is 60.1 Å². The van der Waals surface area contributed by atoms with Crippen LogP contribution in [-0.2, 0) is 4.79 Å². The number of rotatable bonds is 5. The molecule has 0 bridgehead atoms. The summed E-state index contributed by atoms with van der Waals surface area (Å²) in [7, 11) is 0. The first kappa shape index (κ1) is 16.6. The van der Waals surface area contributed by atoms with Crippen molar-refractivity contribution in [3.05, 3.63) is 89.7 Å². The molecule has 24 heavy (non-hydrogen) atoms. The van der Waals surface area contributed by atoms with Gasteiger partial charge < -0.3 is 5.32 Å². The number of nitrogens with zero attached hydrogens (tertiary/aromatic N) is 1. The summed E-state index contributed by atoms with van der Waals surface area (Å²) in [5.74, 6) is -0.0980. The molecule has 1 heterocycles. The van der Waals surface area contributed by atoms with Crippen LogP contribution in [0.3, 0.4) is 0 Å². The molecule has 1 amide bonds. The van der Waals surface area contributed by atoms with Crippen LogP contribution in [0.25, 0.3) is 0 Å². The van der Waals surface area contributed by atoms with E-state index in [1.54, 1.807) is 18.3 Å². The first-order valence-electron chi connectivity index (χ1n) is 7.41. The van der Waals surface area contributed by atoms with Gasteiger partial charge in [-0.15, -0.1) is 11.8 Å². The first-order chi connectivity index (χ1) is 11.7. The van der Waals surface area contributed by atoms with Crippen molar-refractivity contribution >= 4 is 35.0 Å². The molecule has 0 aliphatic carbocycles. The molecule has 3 aromatic rings. The van der Waals surface area contributed by atoms with Gasteiger partial charge in [0.15, 0.2) is 0 Å². The topological polar surface area (TPSA) is 42.0 Å². The third-order valence-corrected chi connectivity index (χ3v) is 4.82. The Morgan fingerprint density at radius 1 is 0.958 bits per heavy atom. The molecule has 3 rings (SSSR count). The minimum Gasteiger partial charge on any atom is -0.323 e. The molecule has 1 unspecified atom stereocenters. The van der Waals surface area contributed by atoms with Crippen LogP contribution in [0.4, 0.5) is 5.69 Å². The maximum Gasteiger partial charge on any atom is 0.242 e. The number of aromatic nitrogens is 1. The van der Waals surface area contributed by atoms with E-state index in [1.165, 1.54) is 11.8 Å². The fourth-order valence-electron chi connectivity index (χ4n) is 2.19. The van der Waals surface area contributed by atoms with Crippen molar-refractivity contribution in [2.24, 2.45) is 0 Å². The Bertz CT molecular complexity index is 795. The maximum atomic E-state index is 12.8. The summed E-state index contributed by atoms with van der Waals surface area (Å²) in [4.78, 5) is 17.8. The van der Waals surface area contributed by atoms with E-state index >= 15 is 0 Å². The Morgan fingerprint density at radius 3 is 2.25 bits per heavy atom. The standard InChI is InChI=1S/C19H15ClN2OS/c20-17-12-11-15(13-21-17)22-19(23)18(14-7-3-1-4-8-14)24-16-9-5-2-6-10-16/h1-13,18H,(H,22,23). The van der Waals surface area contributed by atoms with Crippen LogP contribution in [0.1, 0.15) is 10.8 Å². The average molecular weight is 355 g/mol. The normalized spacial score (nSPS) is 11.7. The molecule has 0 fully saturated rings. The molecule has 3 nitrogen and oxygen atoms in total. The summed E-state index contributed by atoms with van der Waals surface area (Å²) >= 11 is 7.30. The predicted octanol–water partition coefficient (Wildman–Crippen LogP) is 5.21. The third kappa shape index (κ3) is 4.37. The number of hydrogen-bond acceptors (Lipinski definition) is 3. The van der Waals surface area contributed by atoms with Gasteiger partial charge in [0.2, 0.25) is 5.91 Å². The highest BCUT2D eigenvalue weighted by molar-refractivity contribution is 8.00. The van der Waals surface area contributed by atoms with Gasteiger partial charge in [0.1, 0.15) is 10.4 Å². The molecule has 1 aromatic heterocycles. The van der Waals surface area contributed by atoms with Crippen LogP contribution in [0.5, 0.6) is 0 Å². The molecule has 0 aliphatic heterocycles. The molecule has 120 valence electrons. The van der Waals surface area contributed by atoms with Crippen molar-refractivity contribution in [3.63, 3.8) is 0 Å². The lowest BCUT2D eigenvalue weighted by Crippen LogP contribution is -2.19. The van der Waals surface area contributed by atoms with E-state index in [2.05, 4.69) is 10.3 Å². The number of amides is 1. The lowest BCUT2D eigenvalue weighted by Gasteiger charge is -2.17. The first-order valence-corrected chi connectivity index (χ1v) is 8.67. The van der Waals surface area contributed by atoms with Crippen LogP contribution in [0, 0.1) is 0 Å². The number of thioether (sulfide) groups is 1. The monoisotopic (exact) mass is 354 g/mol.